The second kappa shape index (κ2) is 8.21. The number of nitrogens with one attached hydrogen (secondary N) is 1. The van der Waals surface area contributed by atoms with E-state index in [1.54, 1.807) is 38.3 Å². The molecular formula is C21H24N2O5. The summed E-state index contributed by atoms with van der Waals surface area (Å²) in [6, 6.07) is 11.0. The first kappa shape index (κ1) is 19.5. The first-order valence-electron chi connectivity index (χ1n) is 8.94. The van der Waals surface area contributed by atoms with Gasteiger partial charge in [-0.05, 0) is 42.3 Å². The molecule has 0 saturated carbocycles. The molecule has 1 atom stereocenters. The number of amides is 2. The normalized spacial score (nSPS) is 15.1. The van der Waals surface area contributed by atoms with Crippen LogP contribution in [0.25, 0.3) is 0 Å². The van der Waals surface area contributed by atoms with Gasteiger partial charge in [0, 0.05) is 13.6 Å². The van der Waals surface area contributed by atoms with Crippen molar-refractivity contribution in [2.75, 3.05) is 26.6 Å². The number of rotatable bonds is 6. The van der Waals surface area contributed by atoms with Crippen LogP contribution in [0.5, 0.6) is 17.2 Å². The second-order valence-corrected chi connectivity index (χ2v) is 6.74. The fourth-order valence-electron chi connectivity index (χ4n) is 3.05. The van der Waals surface area contributed by atoms with Gasteiger partial charge in [-0.2, -0.15) is 0 Å². The van der Waals surface area contributed by atoms with Crippen molar-refractivity contribution in [3.05, 3.63) is 47.5 Å². The van der Waals surface area contributed by atoms with Crippen LogP contribution in [-0.2, 0) is 16.1 Å². The lowest BCUT2D eigenvalue weighted by atomic mass is 10.1. The van der Waals surface area contributed by atoms with E-state index in [4.69, 9.17) is 14.2 Å². The van der Waals surface area contributed by atoms with Gasteiger partial charge < -0.3 is 24.4 Å². The zero-order valence-electron chi connectivity index (χ0n) is 16.4. The molecule has 0 fully saturated rings. The number of methoxy groups -OCH3 is 2. The molecule has 0 spiro atoms. The first-order chi connectivity index (χ1) is 13.4. The predicted octanol–water partition coefficient (Wildman–Crippen LogP) is 2.76. The molecule has 7 nitrogen and oxygen atoms in total. The Morgan fingerprint density at radius 3 is 2.61 bits per heavy atom. The van der Waals surface area contributed by atoms with Crippen LogP contribution in [0.1, 0.15) is 17.5 Å². The number of anilines is 1. The molecule has 1 aliphatic heterocycles. The molecule has 0 radical (unpaired) electrons. The standard InChI is InChI=1S/C21H24N2O5/c1-13-5-7-16-15(9-13)22-21(25)19(28-16)11-20(24)23(2)12-14-6-8-17(26-3)18(10-14)27-4/h5-10,19H,11-12H2,1-4H3,(H,22,25). The molecule has 1 heterocycles. The molecule has 1 N–H and O–H groups in total. The van der Waals surface area contributed by atoms with Gasteiger partial charge >= 0.3 is 0 Å². The zero-order valence-corrected chi connectivity index (χ0v) is 16.4. The van der Waals surface area contributed by atoms with Crippen molar-refractivity contribution in [3.63, 3.8) is 0 Å². The fraction of sp³-hybridized carbons (Fsp3) is 0.333. The van der Waals surface area contributed by atoms with Crippen LogP contribution in [0.15, 0.2) is 36.4 Å². The second-order valence-electron chi connectivity index (χ2n) is 6.74. The highest BCUT2D eigenvalue weighted by Gasteiger charge is 2.30. The van der Waals surface area contributed by atoms with Crippen LogP contribution in [0.3, 0.4) is 0 Å². The number of ether oxygens (including phenoxy) is 3. The summed E-state index contributed by atoms with van der Waals surface area (Å²) in [5.74, 6) is 1.30. The average Bonchev–Trinajstić information content (AvgIpc) is 2.68. The molecule has 0 saturated heterocycles. The van der Waals surface area contributed by atoms with E-state index in [1.807, 2.05) is 31.2 Å². The lowest BCUT2D eigenvalue weighted by molar-refractivity contribution is -0.136. The van der Waals surface area contributed by atoms with E-state index in [2.05, 4.69) is 5.32 Å². The molecule has 3 rings (SSSR count). The molecular weight excluding hydrogens is 360 g/mol. The molecule has 2 aromatic rings. The summed E-state index contributed by atoms with van der Waals surface area (Å²) in [5, 5.41) is 2.81. The Hall–Kier alpha value is -3.22. The Morgan fingerprint density at radius 1 is 1.14 bits per heavy atom. The van der Waals surface area contributed by atoms with Crippen LogP contribution in [-0.4, -0.2) is 44.1 Å². The Bertz CT molecular complexity index is 896. The van der Waals surface area contributed by atoms with Crippen molar-refractivity contribution in [1.82, 2.24) is 4.90 Å². The van der Waals surface area contributed by atoms with Crippen LogP contribution >= 0.6 is 0 Å². The molecule has 1 aliphatic rings. The van der Waals surface area contributed by atoms with Gasteiger partial charge in [-0.25, -0.2) is 0 Å². The van der Waals surface area contributed by atoms with Crippen LogP contribution in [0.2, 0.25) is 0 Å². The van der Waals surface area contributed by atoms with E-state index >= 15 is 0 Å². The summed E-state index contributed by atoms with van der Waals surface area (Å²) in [5.41, 5.74) is 2.54. The van der Waals surface area contributed by atoms with Gasteiger partial charge in [-0.15, -0.1) is 0 Å². The van der Waals surface area contributed by atoms with E-state index in [0.717, 1.165) is 11.1 Å². The lowest BCUT2D eigenvalue weighted by Crippen LogP contribution is -2.41. The third-order valence-electron chi connectivity index (χ3n) is 4.61. The minimum absolute atomic E-state index is 0.0388. The average molecular weight is 384 g/mol. The van der Waals surface area contributed by atoms with Gasteiger partial charge in [0.2, 0.25) is 5.91 Å². The molecule has 7 heteroatoms. The summed E-state index contributed by atoms with van der Waals surface area (Å²) >= 11 is 0. The lowest BCUT2D eigenvalue weighted by Gasteiger charge is -2.27. The molecule has 2 amide bonds. The van der Waals surface area contributed by atoms with Gasteiger partial charge in [-0.3, -0.25) is 9.59 Å². The highest BCUT2D eigenvalue weighted by Crippen LogP contribution is 2.31. The smallest absolute Gasteiger partial charge is 0.266 e. The third kappa shape index (κ3) is 4.19. The topological polar surface area (TPSA) is 77.1 Å². The van der Waals surface area contributed by atoms with Crippen LogP contribution < -0.4 is 19.5 Å². The van der Waals surface area contributed by atoms with Crippen molar-refractivity contribution in [2.24, 2.45) is 0 Å². The van der Waals surface area contributed by atoms with E-state index in [0.29, 0.717) is 29.5 Å². The number of aryl methyl sites for hydroxylation is 1. The van der Waals surface area contributed by atoms with Crippen molar-refractivity contribution in [3.8, 4) is 17.2 Å². The van der Waals surface area contributed by atoms with E-state index < -0.39 is 6.10 Å². The van der Waals surface area contributed by atoms with Gasteiger partial charge in [0.1, 0.15) is 5.75 Å². The van der Waals surface area contributed by atoms with Crippen LogP contribution in [0, 0.1) is 6.92 Å². The molecule has 0 aliphatic carbocycles. The SMILES string of the molecule is COc1ccc(CN(C)C(=O)CC2Oc3ccc(C)cc3NC2=O)cc1OC. The first-order valence-corrected chi connectivity index (χ1v) is 8.94. The molecule has 28 heavy (non-hydrogen) atoms. The Labute approximate surface area is 164 Å². The molecule has 1 unspecified atom stereocenters. The maximum absolute atomic E-state index is 12.6. The quantitative estimate of drug-likeness (QED) is 0.829. The zero-order chi connectivity index (χ0) is 20.3. The summed E-state index contributed by atoms with van der Waals surface area (Å²) < 4.78 is 16.3. The number of nitrogens with zero attached hydrogens (tertiary/aromatic N) is 1. The number of carbonyl (C=O) groups is 2. The van der Waals surface area contributed by atoms with Gasteiger partial charge in [0.05, 0.1) is 26.3 Å². The highest BCUT2D eigenvalue weighted by molar-refractivity contribution is 6.00. The largest absolute Gasteiger partial charge is 0.493 e. The summed E-state index contributed by atoms with van der Waals surface area (Å²) in [7, 11) is 4.83. The van der Waals surface area contributed by atoms with Gasteiger partial charge in [0.15, 0.2) is 17.6 Å². The van der Waals surface area contributed by atoms with E-state index in [-0.39, 0.29) is 18.2 Å². The Kier molecular flexibility index (Phi) is 5.73. The minimum atomic E-state index is -0.851. The number of fused-ring (bicyclic) bond motifs is 1. The predicted molar refractivity (Wildman–Crippen MR) is 105 cm³/mol. The van der Waals surface area contributed by atoms with E-state index in [1.165, 1.54) is 0 Å². The van der Waals surface area contributed by atoms with E-state index in [9.17, 15) is 9.59 Å². The molecule has 148 valence electrons. The number of hydrogen-bond donors (Lipinski definition) is 1. The third-order valence-corrected chi connectivity index (χ3v) is 4.61. The number of hydrogen-bond acceptors (Lipinski definition) is 5. The summed E-state index contributed by atoms with van der Waals surface area (Å²) in [4.78, 5) is 26.5. The highest BCUT2D eigenvalue weighted by atomic mass is 16.5. The number of carbonyl (C=O) groups excluding carboxylic acids is 2. The monoisotopic (exact) mass is 384 g/mol. The van der Waals surface area contributed by atoms with Crippen molar-refractivity contribution < 1.29 is 23.8 Å². The minimum Gasteiger partial charge on any atom is -0.493 e. The van der Waals surface area contributed by atoms with Crippen molar-refractivity contribution in [2.45, 2.75) is 26.0 Å². The maximum atomic E-state index is 12.6. The fourth-order valence-corrected chi connectivity index (χ4v) is 3.05. The molecule has 2 aromatic carbocycles. The maximum Gasteiger partial charge on any atom is 0.266 e. The Balaban J connectivity index is 1.64. The van der Waals surface area contributed by atoms with Crippen LogP contribution in [0.4, 0.5) is 5.69 Å². The molecule has 0 aromatic heterocycles. The van der Waals surface area contributed by atoms with Gasteiger partial charge in [0.25, 0.3) is 5.91 Å². The Morgan fingerprint density at radius 2 is 1.89 bits per heavy atom. The molecule has 0 bridgehead atoms. The number of benzene rings is 2. The summed E-state index contributed by atoms with van der Waals surface area (Å²) in [6.45, 7) is 2.31. The van der Waals surface area contributed by atoms with Gasteiger partial charge in [-0.1, -0.05) is 12.1 Å². The van der Waals surface area contributed by atoms with Crippen molar-refractivity contribution >= 4 is 17.5 Å². The summed E-state index contributed by atoms with van der Waals surface area (Å²) in [6.07, 6.45) is -0.890. The van der Waals surface area contributed by atoms with Crippen molar-refractivity contribution in [1.29, 1.82) is 0 Å².